The number of hydrogen-bond donors (Lipinski definition) is 1. The highest BCUT2D eigenvalue weighted by atomic mass is 16.3. The van der Waals surface area contributed by atoms with E-state index in [2.05, 4.69) is 18.8 Å². The Labute approximate surface area is 73.3 Å². The van der Waals surface area contributed by atoms with Gasteiger partial charge in [-0.2, -0.15) is 0 Å². The monoisotopic (exact) mass is 165 g/mol. The Morgan fingerprint density at radius 1 is 1.50 bits per heavy atom. The predicted molar refractivity (Wildman–Crippen MR) is 49.0 cm³/mol. The Kier molecular flexibility index (Phi) is 2.82. The molecular formula is C10H15NO. The summed E-state index contributed by atoms with van der Waals surface area (Å²) in [6.45, 7) is 6.33. The summed E-state index contributed by atoms with van der Waals surface area (Å²) in [7, 11) is 0. The molecular weight excluding hydrogens is 150 g/mol. The molecule has 0 unspecified atom stereocenters. The van der Waals surface area contributed by atoms with Crippen molar-refractivity contribution in [3.63, 3.8) is 0 Å². The van der Waals surface area contributed by atoms with Crippen LogP contribution in [0, 0.1) is 6.92 Å². The first-order chi connectivity index (χ1) is 5.66. The van der Waals surface area contributed by atoms with Crippen molar-refractivity contribution in [2.24, 2.45) is 0 Å². The molecule has 0 amide bonds. The Bertz CT molecular complexity index is 269. The lowest BCUT2D eigenvalue weighted by Gasteiger charge is -2.10. The lowest BCUT2D eigenvalue weighted by atomic mass is 10.0. The number of rotatable bonds is 2. The van der Waals surface area contributed by atoms with Gasteiger partial charge in [-0.1, -0.05) is 13.8 Å². The smallest absolute Gasteiger partial charge is 0.0685 e. The van der Waals surface area contributed by atoms with Crippen molar-refractivity contribution in [3.8, 4) is 0 Å². The number of aliphatic hydroxyl groups is 1. The normalized spacial score (nSPS) is 10.8. The highest BCUT2D eigenvalue weighted by Crippen LogP contribution is 2.18. The molecule has 66 valence electrons. The van der Waals surface area contributed by atoms with Crippen LogP contribution >= 0.6 is 0 Å². The summed E-state index contributed by atoms with van der Waals surface area (Å²) >= 11 is 0. The van der Waals surface area contributed by atoms with E-state index in [9.17, 15) is 0 Å². The van der Waals surface area contributed by atoms with E-state index in [-0.39, 0.29) is 6.61 Å². The summed E-state index contributed by atoms with van der Waals surface area (Å²) in [4.78, 5) is 4.28. The van der Waals surface area contributed by atoms with Gasteiger partial charge in [0, 0.05) is 11.9 Å². The third-order valence-electron chi connectivity index (χ3n) is 2.07. The van der Waals surface area contributed by atoms with Gasteiger partial charge in [-0.05, 0) is 30.0 Å². The van der Waals surface area contributed by atoms with Gasteiger partial charge in [0.2, 0.25) is 0 Å². The third kappa shape index (κ3) is 1.64. The molecule has 1 aromatic heterocycles. The van der Waals surface area contributed by atoms with Gasteiger partial charge in [0.25, 0.3) is 0 Å². The van der Waals surface area contributed by atoms with Crippen LogP contribution in [0.15, 0.2) is 12.3 Å². The molecule has 0 saturated heterocycles. The second-order valence-electron chi connectivity index (χ2n) is 3.29. The second-order valence-corrected chi connectivity index (χ2v) is 3.29. The Hall–Kier alpha value is -0.890. The number of hydrogen-bond acceptors (Lipinski definition) is 2. The fourth-order valence-corrected chi connectivity index (χ4v) is 1.35. The van der Waals surface area contributed by atoms with Crippen LogP contribution in [0.1, 0.15) is 36.6 Å². The van der Waals surface area contributed by atoms with E-state index in [0.717, 1.165) is 16.8 Å². The average Bonchev–Trinajstić information content (AvgIpc) is 2.04. The summed E-state index contributed by atoms with van der Waals surface area (Å²) in [5.41, 5.74) is 3.19. The van der Waals surface area contributed by atoms with Gasteiger partial charge in [-0.3, -0.25) is 4.98 Å². The molecule has 0 spiro atoms. The van der Waals surface area contributed by atoms with E-state index < -0.39 is 0 Å². The molecule has 0 radical (unpaired) electrons. The zero-order valence-corrected chi connectivity index (χ0v) is 7.83. The highest BCUT2D eigenvalue weighted by molar-refractivity contribution is 5.29. The molecule has 1 aromatic rings. The maximum atomic E-state index is 9.00. The fourth-order valence-electron chi connectivity index (χ4n) is 1.35. The van der Waals surface area contributed by atoms with Crippen molar-refractivity contribution >= 4 is 0 Å². The second kappa shape index (κ2) is 3.68. The fraction of sp³-hybridized carbons (Fsp3) is 0.500. The molecule has 0 aliphatic rings. The zero-order valence-electron chi connectivity index (χ0n) is 7.83. The van der Waals surface area contributed by atoms with E-state index in [0.29, 0.717) is 5.92 Å². The Balaban J connectivity index is 3.14. The number of pyridine rings is 1. The molecule has 12 heavy (non-hydrogen) atoms. The van der Waals surface area contributed by atoms with Gasteiger partial charge >= 0.3 is 0 Å². The molecule has 0 bridgehead atoms. The van der Waals surface area contributed by atoms with Gasteiger partial charge in [-0.15, -0.1) is 0 Å². The van der Waals surface area contributed by atoms with Crippen LogP contribution in [-0.4, -0.2) is 10.1 Å². The molecule has 0 saturated carbocycles. The van der Waals surface area contributed by atoms with Crippen LogP contribution in [0.5, 0.6) is 0 Å². The summed E-state index contributed by atoms with van der Waals surface area (Å²) < 4.78 is 0. The maximum Gasteiger partial charge on any atom is 0.0685 e. The van der Waals surface area contributed by atoms with Gasteiger partial charge in [0.05, 0.1) is 6.61 Å². The molecule has 2 nitrogen and oxygen atoms in total. The van der Waals surface area contributed by atoms with E-state index in [1.54, 1.807) is 6.20 Å². The zero-order chi connectivity index (χ0) is 9.14. The van der Waals surface area contributed by atoms with Gasteiger partial charge in [-0.25, -0.2) is 0 Å². The quantitative estimate of drug-likeness (QED) is 0.727. The van der Waals surface area contributed by atoms with Crippen molar-refractivity contribution in [2.75, 3.05) is 0 Å². The summed E-state index contributed by atoms with van der Waals surface area (Å²) in [6, 6.07) is 1.86. The molecule has 0 aliphatic carbocycles. The van der Waals surface area contributed by atoms with Crippen LogP contribution < -0.4 is 0 Å². The summed E-state index contributed by atoms with van der Waals surface area (Å²) in [5, 5.41) is 9.00. The van der Waals surface area contributed by atoms with Crippen molar-refractivity contribution in [1.82, 2.24) is 4.98 Å². The third-order valence-corrected chi connectivity index (χ3v) is 2.07. The minimum Gasteiger partial charge on any atom is -0.392 e. The van der Waals surface area contributed by atoms with E-state index in [1.165, 1.54) is 0 Å². The molecule has 2 heteroatoms. The molecule has 0 aliphatic heterocycles. The lowest BCUT2D eigenvalue weighted by molar-refractivity contribution is 0.280. The molecule has 0 fully saturated rings. The van der Waals surface area contributed by atoms with E-state index in [4.69, 9.17) is 5.11 Å². The topological polar surface area (TPSA) is 33.1 Å². The summed E-state index contributed by atoms with van der Waals surface area (Å²) in [5.74, 6) is 0.427. The van der Waals surface area contributed by atoms with E-state index >= 15 is 0 Å². The van der Waals surface area contributed by atoms with Crippen molar-refractivity contribution in [3.05, 3.63) is 29.1 Å². The van der Waals surface area contributed by atoms with Crippen LogP contribution in [0.3, 0.4) is 0 Å². The minimum atomic E-state index is 0.105. The van der Waals surface area contributed by atoms with Crippen molar-refractivity contribution in [1.29, 1.82) is 0 Å². The first-order valence-corrected chi connectivity index (χ1v) is 4.22. The molecule has 1 rings (SSSR count). The van der Waals surface area contributed by atoms with Gasteiger partial charge in [0.1, 0.15) is 0 Å². The maximum absolute atomic E-state index is 9.00. The molecule has 0 atom stereocenters. The van der Waals surface area contributed by atoms with Gasteiger partial charge in [0.15, 0.2) is 0 Å². The predicted octanol–water partition coefficient (Wildman–Crippen LogP) is 2.01. The number of aromatic nitrogens is 1. The van der Waals surface area contributed by atoms with Crippen LogP contribution in [-0.2, 0) is 6.61 Å². The lowest BCUT2D eigenvalue weighted by Crippen LogP contribution is -2.00. The Morgan fingerprint density at radius 2 is 2.17 bits per heavy atom. The largest absolute Gasteiger partial charge is 0.392 e. The standard InChI is InChI=1S/C10H15NO/c1-7(2)10-8(3)9(6-12)4-5-11-10/h4-5,7,12H,6H2,1-3H3. The number of aliphatic hydroxyl groups excluding tert-OH is 1. The number of nitrogens with zero attached hydrogens (tertiary/aromatic N) is 1. The summed E-state index contributed by atoms with van der Waals surface area (Å²) in [6.07, 6.45) is 1.76. The average molecular weight is 165 g/mol. The molecule has 1 N–H and O–H groups in total. The highest BCUT2D eigenvalue weighted by Gasteiger charge is 2.07. The van der Waals surface area contributed by atoms with Crippen LogP contribution in [0.4, 0.5) is 0 Å². The van der Waals surface area contributed by atoms with Gasteiger partial charge < -0.3 is 5.11 Å². The van der Waals surface area contributed by atoms with Crippen molar-refractivity contribution < 1.29 is 5.11 Å². The van der Waals surface area contributed by atoms with Crippen molar-refractivity contribution in [2.45, 2.75) is 33.3 Å². The SMILES string of the molecule is Cc1c(CO)ccnc1C(C)C. The van der Waals surface area contributed by atoms with Crippen LogP contribution in [0.25, 0.3) is 0 Å². The minimum absolute atomic E-state index is 0.105. The molecule has 1 heterocycles. The van der Waals surface area contributed by atoms with Crippen LogP contribution in [0.2, 0.25) is 0 Å². The first-order valence-electron chi connectivity index (χ1n) is 4.22. The first kappa shape index (κ1) is 9.20. The Morgan fingerprint density at radius 3 is 2.67 bits per heavy atom. The molecule has 0 aromatic carbocycles. The van der Waals surface area contributed by atoms with E-state index in [1.807, 2.05) is 13.0 Å².